The summed E-state index contributed by atoms with van der Waals surface area (Å²) in [6.45, 7) is 7.84. The van der Waals surface area contributed by atoms with Gasteiger partial charge in [0.05, 0.1) is 11.3 Å². The van der Waals surface area contributed by atoms with E-state index < -0.39 is 0 Å². The van der Waals surface area contributed by atoms with E-state index in [1.807, 2.05) is 38.4 Å². The maximum absolute atomic E-state index is 12.4. The third-order valence-electron chi connectivity index (χ3n) is 3.36. The molecule has 1 N–H and O–H groups in total. The molecule has 1 heterocycles. The van der Waals surface area contributed by atoms with Gasteiger partial charge in [-0.15, -0.1) is 0 Å². The third-order valence-corrected chi connectivity index (χ3v) is 3.36. The number of benzene rings is 1. The van der Waals surface area contributed by atoms with E-state index in [4.69, 9.17) is 0 Å². The Morgan fingerprint density at radius 3 is 2.62 bits per heavy atom. The summed E-state index contributed by atoms with van der Waals surface area (Å²) in [6.07, 6.45) is 3.23. The van der Waals surface area contributed by atoms with Gasteiger partial charge in [-0.1, -0.05) is 18.2 Å². The molecule has 1 aromatic carbocycles. The average Bonchev–Trinajstić information content (AvgIpc) is 2.72. The second-order valence-corrected chi connectivity index (χ2v) is 5.38. The van der Waals surface area contributed by atoms with E-state index in [1.165, 1.54) is 6.08 Å². The Morgan fingerprint density at radius 1 is 1.33 bits per heavy atom. The summed E-state index contributed by atoms with van der Waals surface area (Å²) >= 11 is 0. The van der Waals surface area contributed by atoms with Gasteiger partial charge in [-0.3, -0.25) is 9.48 Å². The molecule has 0 aliphatic carbocycles. The molecular formula is C17H20N2O2. The van der Waals surface area contributed by atoms with Crippen LogP contribution in [0.3, 0.4) is 0 Å². The zero-order valence-corrected chi connectivity index (χ0v) is 12.8. The first-order chi connectivity index (χ1) is 9.90. The molecule has 21 heavy (non-hydrogen) atoms. The number of allylic oxidation sites excluding steroid dienone is 1. The summed E-state index contributed by atoms with van der Waals surface area (Å²) in [7, 11) is 0. The Hall–Kier alpha value is -2.36. The Balaban J connectivity index is 2.29. The van der Waals surface area contributed by atoms with Crippen LogP contribution in [0, 0.1) is 13.8 Å². The SMILES string of the molecule is Cc1nn(C(C)C)c(C)c1C(=O)/C=C/c1cccc(O)c1. The number of ketones is 1. The first kappa shape index (κ1) is 15.0. The molecule has 0 aliphatic rings. The third kappa shape index (κ3) is 3.21. The van der Waals surface area contributed by atoms with Gasteiger partial charge >= 0.3 is 0 Å². The zero-order valence-electron chi connectivity index (χ0n) is 12.8. The summed E-state index contributed by atoms with van der Waals surface area (Å²) in [6, 6.07) is 7.01. The maximum atomic E-state index is 12.4. The highest BCUT2D eigenvalue weighted by atomic mass is 16.3. The lowest BCUT2D eigenvalue weighted by atomic mass is 10.1. The number of hydrogen-bond acceptors (Lipinski definition) is 3. The lowest BCUT2D eigenvalue weighted by molar-refractivity contribution is 0.104. The van der Waals surface area contributed by atoms with Crippen LogP contribution in [-0.4, -0.2) is 20.7 Å². The predicted octanol–water partition coefficient (Wildman–Crippen LogP) is 3.68. The highest BCUT2D eigenvalue weighted by molar-refractivity contribution is 6.08. The second-order valence-electron chi connectivity index (χ2n) is 5.38. The summed E-state index contributed by atoms with van der Waals surface area (Å²) in [4.78, 5) is 12.4. The van der Waals surface area contributed by atoms with E-state index >= 15 is 0 Å². The van der Waals surface area contributed by atoms with Gasteiger partial charge in [0.2, 0.25) is 0 Å². The molecule has 4 heteroatoms. The van der Waals surface area contributed by atoms with Gasteiger partial charge in [-0.05, 0) is 51.5 Å². The minimum Gasteiger partial charge on any atom is -0.508 e. The van der Waals surface area contributed by atoms with Gasteiger partial charge in [-0.2, -0.15) is 5.10 Å². The van der Waals surface area contributed by atoms with Gasteiger partial charge in [0.15, 0.2) is 5.78 Å². The Morgan fingerprint density at radius 2 is 2.05 bits per heavy atom. The number of rotatable bonds is 4. The fraction of sp³-hybridized carbons (Fsp3) is 0.294. The molecule has 0 atom stereocenters. The molecule has 4 nitrogen and oxygen atoms in total. The van der Waals surface area contributed by atoms with Gasteiger partial charge in [0.25, 0.3) is 0 Å². The molecule has 2 rings (SSSR count). The van der Waals surface area contributed by atoms with Gasteiger partial charge in [0, 0.05) is 11.7 Å². The van der Waals surface area contributed by atoms with E-state index in [1.54, 1.807) is 24.3 Å². The molecule has 0 amide bonds. The molecule has 0 aliphatic heterocycles. The molecule has 0 radical (unpaired) electrons. The van der Waals surface area contributed by atoms with Gasteiger partial charge < -0.3 is 5.11 Å². The Kier molecular flexibility index (Phi) is 4.26. The van der Waals surface area contributed by atoms with E-state index in [0.29, 0.717) is 5.56 Å². The number of hydrogen-bond donors (Lipinski definition) is 1. The number of phenols is 1. The minimum atomic E-state index is -0.0692. The van der Waals surface area contributed by atoms with E-state index in [2.05, 4.69) is 5.10 Å². The van der Waals surface area contributed by atoms with Crippen LogP contribution in [0.2, 0.25) is 0 Å². The average molecular weight is 284 g/mol. The van der Waals surface area contributed by atoms with Crippen LogP contribution >= 0.6 is 0 Å². The standard InChI is InChI=1S/C17H20N2O2/c1-11(2)19-13(4)17(12(3)18-19)16(21)9-8-14-6-5-7-15(20)10-14/h5-11,20H,1-4H3/b9-8+. The summed E-state index contributed by atoms with van der Waals surface area (Å²) < 4.78 is 1.87. The number of phenolic OH excluding ortho intramolecular Hbond substituents is 1. The topological polar surface area (TPSA) is 55.1 Å². The molecule has 0 spiro atoms. The molecular weight excluding hydrogens is 264 g/mol. The number of aromatic nitrogens is 2. The van der Waals surface area contributed by atoms with Crippen LogP contribution in [0.4, 0.5) is 0 Å². The molecule has 0 saturated heterocycles. The number of carbonyl (C=O) groups excluding carboxylic acids is 1. The van der Waals surface area contributed by atoms with Crippen molar-refractivity contribution in [2.24, 2.45) is 0 Å². The Bertz CT molecular complexity index is 697. The fourth-order valence-corrected chi connectivity index (χ4v) is 2.41. The monoisotopic (exact) mass is 284 g/mol. The minimum absolute atomic E-state index is 0.0692. The van der Waals surface area contributed by atoms with Crippen molar-refractivity contribution < 1.29 is 9.90 Å². The van der Waals surface area contributed by atoms with Crippen molar-refractivity contribution in [2.45, 2.75) is 33.7 Å². The molecule has 110 valence electrons. The van der Waals surface area contributed by atoms with Crippen molar-refractivity contribution >= 4 is 11.9 Å². The first-order valence-electron chi connectivity index (χ1n) is 6.97. The molecule has 1 aromatic heterocycles. The van der Waals surface area contributed by atoms with Crippen molar-refractivity contribution in [2.75, 3.05) is 0 Å². The van der Waals surface area contributed by atoms with Crippen LogP contribution in [-0.2, 0) is 0 Å². The number of aryl methyl sites for hydroxylation is 1. The summed E-state index contributed by atoms with van der Waals surface area (Å²) in [5.74, 6) is 0.116. The van der Waals surface area contributed by atoms with E-state index in [0.717, 1.165) is 17.0 Å². The van der Waals surface area contributed by atoms with Crippen molar-refractivity contribution in [3.8, 4) is 5.75 Å². The molecule has 0 saturated carbocycles. The van der Waals surface area contributed by atoms with Crippen LogP contribution < -0.4 is 0 Å². The smallest absolute Gasteiger partial charge is 0.189 e. The van der Waals surface area contributed by atoms with Crippen molar-refractivity contribution in [3.63, 3.8) is 0 Å². The number of aromatic hydroxyl groups is 1. The molecule has 2 aromatic rings. The van der Waals surface area contributed by atoms with E-state index in [9.17, 15) is 9.90 Å². The zero-order chi connectivity index (χ0) is 15.6. The van der Waals surface area contributed by atoms with Crippen LogP contribution in [0.25, 0.3) is 6.08 Å². The fourth-order valence-electron chi connectivity index (χ4n) is 2.41. The maximum Gasteiger partial charge on any atom is 0.189 e. The highest BCUT2D eigenvalue weighted by Crippen LogP contribution is 2.19. The highest BCUT2D eigenvalue weighted by Gasteiger charge is 2.17. The summed E-state index contributed by atoms with van der Waals surface area (Å²) in [5.41, 5.74) is 3.06. The van der Waals surface area contributed by atoms with Gasteiger partial charge in [0.1, 0.15) is 5.75 Å². The molecule has 0 unspecified atom stereocenters. The van der Waals surface area contributed by atoms with E-state index in [-0.39, 0.29) is 17.6 Å². The number of nitrogens with zero attached hydrogens (tertiary/aromatic N) is 2. The van der Waals surface area contributed by atoms with Gasteiger partial charge in [-0.25, -0.2) is 0 Å². The number of carbonyl (C=O) groups is 1. The lowest BCUT2D eigenvalue weighted by Gasteiger charge is -2.07. The summed E-state index contributed by atoms with van der Waals surface area (Å²) in [5, 5.41) is 13.8. The van der Waals surface area contributed by atoms with Crippen LogP contribution in [0.1, 0.15) is 47.2 Å². The van der Waals surface area contributed by atoms with Crippen molar-refractivity contribution in [1.82, 2.24) is 9.78 Å². The second kappa shape index (κ2) is 5.95. The molecule has 0 fully saturated rings. The molecule has 0 bridgehead atoms. The van der Waals surface area contributed by atoms with Crippen LogP contribution in [0.15, 0.2) is 30.3 Å². The first-order valence-corrected chi connectivity index (χ1v) is 6.97. The largest absolute Gasteiger partial charge is 0.508 e. The predicted molar refractivity (Wildman–Crippen MR) is 83.6 cm³/mol. The lowest BCUT2D eigenvalue weighted by Crippen LogP contribution is -2.06. The normalized spacial score (nSPS) is 11.5. The Labute approximate surface area is 124 Å². The van der Waals surface area contributed by atoms with Crippen LogP contribution in [0.5, 0.6) is 5.75 Å². The van der Waals surface area contributed by atoms with Crippen molar-refractivity contribution in [1.29, 1.82) is 0 Å². The quantitative estimate of drug-likeness (QED) is 0.688. The van der Waals surface area contributed by atoms with Crippen molar-refractivity contribution in [3.05, 3.63) is 52.9 Å².